The molecule has 2 atom stereocenters. The molecule has 1 aromatic heterocycles. The van der Waals surface area contributed by atoms with Crippen LogP contribution in [0, 0.1) is 0 Å². The minimum absolute atomic E-state index is 0.160. The lowest BCUT2D eigenvalue weighted by atomic mass is 10.0. The number of aromatic nitrogens is 1. The summed E-state index contributed by atoms with van der Waals surface area (Å²) in [5, 5.41) is 1.10. The van der Waals surface area contributed by atoms with Crippen LogP contribution in [-0.2, 0) is 9.53 Å². The van der Waals surface area contributed by atoms with Crippen LogP contribution >= 0.6 is 11.3 Å². The Morgan fingerprint density at radius 1 is 1.25 bits per heavy atom. The molecular formula is C19H24N2O2S. The number of amides is 1. The maximum absolute atomic E-state index is 12.8. The van der Waals surface area contributed by atoms with Crippen molar-refractivity contribution in [3.05, 3.63) is 29.3 Å². The maximum Gasteiger partial charge on any atom is 0.223 e. The van der Waals surface area contributed by atoms with Crippen LogP contribution in [0.25, 0.3) is 10.2 Å². The third kappa shape index (κ3) is 3.33. The Bertz CT molecular complexity index is 675. The zero-order chi connectivity index (χ0) is 16.4. The van der Waals surface area contributed by atoms with Crippen LogP contribution in [-0.4, -0.2) is 35.0 Å². The van der Waals surface area contributed by atoms with Gasteiger partial charge in [0.15, 0.2) is 0 Å². The fourth-order valence-electron chi connectivity index (χ4n) is 3.82. The fourth-order valence-corrected chi connectivity index (χ4v) is 4.93. The van der Waals surface area contributed by atoms with Gasteiger partial charge < -0.3 is 9.64 Å². The van der Waals surface area contributed by atoms with Gasteiger partial charge in [-0.1, -0.05) is 12.1 Å². The lowest BCUT2D eigenvalue weighted by Crippen LogP contribution is -2.38. The first-order chi connectivity index (χ1) is 11.8. The van der Waals surface area contributed by atoms with Crippen LogP contribution in [0.4, 0.5) is 0 Å². The highest BCUT2D eigenvalue weighted by atomic mass is 32.1. The van der Waals surface area contributed by atoms with E-state index in [1.165, 1.54) is 11.1 Å². The molecule has 0 saturated carbocycles. The van der Waals surface area contributed by atoms with Crippen molar-refractivity contribution in [3.63, 3.8) is 0 Å². The predicted octanol–water partition coefficient (Wildman–Crippen LogP) is 4.31. The Morgan fingerprint density at radius 3 is 3.00 bits per heavy atom. The number of thiazole rings is 1. The van der Waals surface area contributed by atoms with Gasteiger partial charge in [-0.05, 0) is 50.7 Å². The van der Waals surface area contributed by atoms with Crippen molar-refractivity contribution in [2.24, 2.45) is 0 Å². The first kappa shape index (κ1) is 16.0. The van der Waals surface area contributed by atoms with Gasteiger partial charge in [0.2, 0.25) is 5.91 Å². The van der Waals surface area contributed by atoms with Crippen molar-refractivity contribution in [2.75, 3.05) is 13.2 Å². The lowest BCUT2D eigenvalue weighted by Gasteiger charge is -2.34. The second-order valence-electron chi connectivity index (χ2n) is 6.79. The highest BCUT2D eigenvalue weighted by Gasteiger charge is 2.30. The summed E-state index contributed by atoms with van der Waals surface area (Å²) < 4.78 is 6.87. The number of ether oxygens (including phenoxy) is 1. The SMILES string of the molecule is O=C(CC[C@H]1CCCO1)N1CCCC[C@H]1c1nc2ccccc2s1. The highest BCUT2D eigenvalue weighted by molar-refractivity contribution is 7.18. The molecule has 128 valence electrons. The molecule has 2 aromatic rings. The van der Waals surface area contributed by atoms with Gasteiger partial charge in [-0.25, -0.2) is 4.98 Å². The summed E-state index contributed by atoms with van der Waals surface area (Å²) in [7, 11) is 0. The summed E-state index contributed by atoms with van der Waals surface area (Å²) in [6.45, 7) is 1.72. The summed E-state index contributed by atoms with van der Waals surface area (Å²) in [5.41, 5.74) is 1.05. The van der Waals surface area contributed by atoms with Gasteiger partial charge in [0.25, 0.3) is 0 Å². The van der Waals surface area contributed by atoms with Crippen LogP contribution in [0.15, 0.2) is 24.3 Å². The van der Waals surface area contributed by atoms with Crippen molar-refractivity contribution in [1.82, 2.24) is 9.88 Å². The average molecular weight is 344 g/mol. The normalized spacial score (nSPS) is 24.6. The summed E-state index contributed by atoms with van der Waals surface area (Å²) in [6, 6.07) is 8.41. The molecule has 0 radical (unpaired) electrons. The van der Waals surface area contributed by atoms with Crippen molar-refractivity contribution in [2.45, 2.75) is 57.1 Å². The van der Waals surface area contributed by atoms with Crippen molar-refractivity contribution >= 4 is 27.5 Å². The van der Waals surface area contributed by atoms with E-state index in [0.29, 0.717) is 12.5 Å². The molecule has 1 aromatic carbocycles. The van der Waals surface area contributed by atoms with Crippen LogP contribution in [0.5, 0.6) is 0 Å². The minimum atomic E-state index is 0.160. The molecule has 0 bridgehead atoms. The van der Waals surface area contributed by atoms with E-state index in [4.69, 9.17) is 9.72 Å². The van der Waals surface area contributed by atoms with Crippen LogP contribution in [0.2, 0.25) is 0 Å². The Hall–Kier alpha value is -1.46. The van der Waals surface area contributed by atoms with E-state index in [1.807, 2.05) is 6.07 Å². The van der Waals surface area contributed by atoms with Crippen molar-refractivity contribution in [1.29, 1.82) is 0 Å². The largest absolute Gasteiger partial charge is 0.378 e. The topological polar surface area (TPSA) is 42.4 Å². The number of rotatable bonds is 4. The second-order valence-corrected chi connectivity index (χ2v) is 7.85. The highest BCUT2D eigenvalue weighted by Crippen LogP contribution is 2.36. The number of piperidine rings is 1. The van der Waals surface area contributed by atoms with Crippen molar-refractivity contribution in [3.8, 4) is 0 Å². The predicted molar refractivity (Wildman–Crippen MR) is 96.1 cm³/mol. The van der Waals surface area contributed by atoms with Gasteiger partial charge in [-0.3, -0.25) is 4.79 Å². The van der Waals surface area contributed by atoms with Gasteiger partial charge in [0.1, 0.15) is 5.01 Å². The molecule has 4 rings (SSSR count). The van der Waals surface area contributed by atoms with Crippen LogP contribution in [0.1, 0.15) is 56.0 Å². The van der Waals surface area contributed by atoms with E-state index in [0.717, 1.165) is 55.8 Å². The molecule has 2 aliphatic heterocycles. The molecule has 0 spiro atoms. The van der Waals surface area contributed by atoms with Crippen LogP contribution < -0.4 is 0 Å². The number of nitrogens with zero attached hydrogens (tertiary/aromatic N) is 2. The quantitative estimate of drug-likeness (QED) is 0.830. The van der Waals surface area contributed by atoms with E-state index in [9.17, 15) is 4.79 Å². The zero-order valence-electron chi connectivity index (χ0n) is 13.9. The number of hydrogen-bond donors (Lipinski definition) is 0. The summed E-state index contributed by atoms with van der Waals surface area (Å²) in [4.78, 5) is 19.7. The van der Waals surface area contributed by atoms with E-state index in [-0.39, 0.29) is 11.9 Å². The number of carbonyl (C=O) groups excluding carboxylic acids is 1. The molecule has 5 heteroatoms. The lowest BCUT2D eigenvalue weighted by molar-refractivity contribution is -0.135. The molecule has 0 unspecified atom stereocenters. The molecular weight excluding hydrogens is 320 g/mol. The standard InChI is InChI=1S/C19H24N2O2S/c22-18(11-10-14-6-5-13-23-14)21-12-4-3-8-16(21)19-20-15-7-1-2-9-17(15)24-19/h1-2,7,9,14,16H,3-6,8,10-13H2/t14-,16+/m1/s1. The Morgan fingerprint density at radius 2 is 2.17 bits per heavy atom. The molecule has 3 heterocycles. The molecule has 2 aliphatic rings. The first-order valence-electron chi connectivity index (χ1n) is 9.08. The third-order valence-electron chi connectivity index (χ3n) is 5.12. The summed E-state index contributed by atoms with van der Waals surface area (Å²) in [5.74, 6) is 0.273. The fraction of sp³-hybridized carbons (Fsp3) is 0.579. The number of benzene rings is 1. The smallest absolute Gasteiger partial charge is 0.223 e. The van der Waals surface area contributed by atoms with E-state index in [2.05, 4.69) is 23.1 Å². The average Bonchev–Trinajstić information content (AvgIpc) is 3.29. The second kappa shape index (κ2) is 7.19. The van der Waals surface area contributed by atoms with Gasteiger partial charge in [-0.2, -0.15) is 0 Å². The number of hydrogen-bond acceptors (Lipinski definition) is 4. The van der Waals surface area contributed by atoms with Crippen molar-refractivity contribution < 1.29 is 9.53 Å². The molecule has 1 amide bonds. The molecule has 4 nitrogen and oxygen atoms in total. The molecule has 0 aliphatic carbocycles. The Balaban J connectivity index is 1.48. The number of para-hydroxylation sites is 1. The zero-order valence-corrected chi connectivity index (χ0v) is 14.8. The number of likely N-dealkylation sites (tertiary alicyclic amines) is 1. The molecule has 2 fully saturated rings. The van der Waals surface area contributed by atoms with E-state index < -0.39 is 0 Å². The van der Waals surface area contributed by atoms with E-state index >= 15 is 0 Å². The van der Waals surface area contributed by atoms with E-state index in [1.54, 1.807) is 11.3 Å². The summed E-state index contributed by atoms with van der Waals surface area (Å²) >= 11 is 1.74. The number of fused-ring (bicyclic) bond motifs is 1. The Labute approximate surface area is 146 Å². The third-order valence-corrected chi connectivity index (χ3v) is 6.26. The van der Waals surface area contributed by atoms with Gasteiger partial charge in [-0.15, -0.1) is 11.3 Å². The van der Waals surface area contributed by atoms with Gasteiger partial charge in [0, 0.05) is 19.6 Å². The first-order valence-corrected chi connectivity index (χ1v) is 9.89. The minimum Gasteiger partial charge on any atom is -0.378 e. The maximum atomic E-state index is 12.8. The molecule has 2 saturated heterocycles. The van der Waals surface area contributed by atoms with Gasteiger partial charge in [0.05, 0.1) is 22.4 Å². The van der Waals surface area contributed by atoms with Gasteiger partial charge >= 0.3 is 0 Å². The molecule has 24 heavy (non-hydrogen) atoms. The number of carbonyl (C=O) groups is 1. The van der Waals surface area contributed by atoms with Crippen LogP contribution in [0.3, 0.4) is 0 Å². The Kier molecular flexibility index (Phi) is 4.81. The summed E-state index contributed by atoms with van der Waals surface area (Å²) in [6.07, 6.45) is 7.31. The monoisotopic (exact) mass is 344 g/mol. The molecule has 0 N–H and O–H groups in total.